The van der Waals surface area contributed by atoms with Crippen molar-refractivity contribution >= 4 is 33.2 Å². The van der Waals surface area contributed by atoms with E-state index in [1.807, 2.05) is 39.0 Å². The summed E-state index contributed by atoms with van der Waals surface area (Å²) < 4.78 is 33.8. The summed E-state index contributed by atoms with van der Waals surface area (Å²) in [5.41, 5.74) is 3.88. The zero-order valence-corrected chi connectivity index (χ0v) is 22.2. The molecule has 35 heavy (non-hydrogen) atoms. The van der Waals surface area contributed by atoms with Crippen molar-refractivity contribution in [2.45, 2.75) is 45.1 Å². The van der Waals surface area contributed by atoms with Gasteiger partial charge in [-0.25, -0.2) is 8.42 Å². The number of halogens is 1. The summed E-state index contributed by atoms with van der Waals surface area (Å²) in [5, 5.41) is 3.49. The van der Waals surface area contributed by atoms with Crippen molar-refractivity contribution in [2.24, 2.45) is 0 Å². The second-order valence-corrected chi connectivity index (χ2v) is 10.8. The van der Waals surface area contributed by atoms with Crippen LogP contribution in [0, 0.1) is 20.8 Å². The van der Waals surface area contributed by atoms with Crippen molar-refractivity contribution in [1.29, 1.82) is 0 Å². The van der Waals surface area contributed by atoms with Gasteiger partial charge in [-0.05, 0) is 80.3 Å². The van der Waals surface area contributed by atoms with Gasteiger partial charge in [-0.15, -0.1) is 0 Å². The van der Waals surface area contributed by atoms with Gasteiger partial charge in [-0.1, -0.05) is 48.4 Å². The van der Waals surface area contributed by atoms with Crippen molar-refractivity contribution < 1.29 is 17.9 Å². The van der Waals surface area contributed by atoms with Gasteiger partial charge in [0.05, 0.1) is 23.7 Å². The monoisotopic (exact) mass is 514 g/mol. The Labute approximate surface area is 212 Å². The first-order valence-corrected chi connectivity index (χ1v) is 13.2. The third kappa shape index (κ3) is 6.16. The molecule has 0 fully saturated rings. The highest BCUT2D eigenvalue weighted by molar-refractivity contribution is 7.92. The molecule has 1 amide bonds. The summed E-state index contributed by atoms with van der Waals surface area (Å²) in [5.74, 6) is 0.360. The van der Waals surface area contributed by atoms with Crippen LogP contribution in [0.15, 0.2) is 65.6 Å². The number of sulfonamides is 1. The molecule has 0 aliphatic heterocycles. The maximum atomic E-state index is 13.7. The standard InChI is InChI=1S/C27H31ClN2O4S/c1-6-24(21-9-14-26(34-5)20(4)15-21)29-27(31)17-30(25-13-10-22(28)16-19(25)3)35(32,33)23-11-7-18(2)8-12-23/h7-16,24H,6,17H2,1-5H3,(H,29,31)/t24-/m1/s1. The highest BCUT2D eigenvalue weighted by Gasteiger charge is 2.29. The molecule has 0 heterocycles. The van der Waals surface area contributed by atoms with E-state index in [0.717, 1.165) is 26.7 Å². The zero-order valence-electron chi connectivity index (χ0n) is 20.6. The van der Waals surface area contributed by atoms with Crippen LogP contribution in [0.5, 0.6) is 5.75 Å². The van der Waals surface area contributed by atoms with Crippen LogP contribution in [0.2, 0.25) is 5.02 Å². The Balaban J connectivity index is 1.94. The average Bonchev–Trinajstić information content (AvgIpc) is 2.81. The van der Waals surface area contributed by atoms with Crippen LogP contribution in [0.4, 0.5) is 5.69 Å². The molecule has 3 rings (SSSR count). The number of carbonyl (C=O) groups is 1. The predicted molar refractivity (Wildman–Crippen MR) is 141 cm³/mol. The van der Waals surface area contributed by atoms with Crippen molar-refractivity contribution in [3.63, 3.8) is 0 Å². The van der Waals surface area contributed by atoms with Crippen LogP contribution in [-0.4, -0.2) is 28.0 Å². The number of nitrogens with one attached hydrogen (secondary N) is 1. The fourth-order valence-electron chi connectivity index (χ4n) is 3.95. The molecule has 0 aromatic heterocycles. The summed E-state index contributed by atoms with van der Waals surface area (Å²) in [7, 11) is -2.40. The number of hydrogen-bond acceptors (Lipinski definition) is 4. The molecule has 0 aliphatic carbocycles. The van der Waals surface area contributed by atoms with E-state index in [1.54, 1.807) is 56.5 Å². The molecule has 1 atom stereocenters. The number of aryl methyl sites for hydroxylation is 3. The Morgan fingerprint density at radius 1 is 1.00 bits per heavy atom. The van der Waals surface area contributed by atoms with Crippen LogP contribution < -0.4 is 14.4 Å². The predicted octanol–water partition coefficient (Wildman–Crippen LogP) is 5.74. The number of methoxy groups -OCH3 is 1. The Kier molecular flexibility index (Phi) is 8.46. The van der Waals surface area contributed by atoms with E-state index < -0.39 is 15.9 Å². The van der Waals surface area contributed by atoms with E-state index >= 15 is 0 Å². The van der Waals surface area contributed by atoms with Gasteiger partial charge in [0.15, 0.2) is 0 Å². The van der Waals surface area contributed by atoms with E-state index in [1.165, 1.54) is 0 Å². The number of anilines is 1. The van der Waals surface area contributed by atoms with Crippen molar-refractivity contribution in [3.05, 3.63) is 87.9 Å². The van der Waals surface area contributed by atoms with Crippen LogP contribution in [0.3, 0.4) is 0 Å². The minimum absolute atomic E-state index is 0.114. The number of hydrogen-bond donors (Lipinski definition) is 1. The second kappa shape index (κ2) is 11.1. The molecule has 0 radical (unpaired) electrons. The zero-order chi connectivity index (χ0) is 25.8. The average molecular weight is 515 g/mol. The van der Waals surface area contributed by atoms with E-state index in [-0.39, 0.29) is 17.5 Å². The van der Waals surface area contributed by atoms with Crippen molar-refractivity contribution in [2.75, 3.05) is 18.0 Å². The van der Waals surface area contributed by atoms with Crippen LogP contribution in [-0.2, 0) is 14.8 Å². The molecule has 0 saturated heterocycles. The fourth-order valence-corrected chi connectivity index (χ4v) is 5.66. The number of carbonyl (C=O) groups excluding carboxylic acids is 1. The van der Waals surface area contributed by atoms with E-state index in [4.69, 9.17) is 16.3 Å². The van der Waals surface area contributed by atoms with Gasteiger partial charge in [0.2, 0.25) is 5.91 Å². The third-order valence-electron chi connectivity index (χ3n) is 5.89. The normalized spacial score (nSPS) is 12.2. The molecule has 0 bridgehead atoms. The van der Waals surface area contributed by atoms with Gasteiger partial charge >= 0.3 is 0 Å². The molecule has 1 N–H and O–H groups in total. The lowest BCUT2D eigenvalue weighted by Crippen LogP contribution is -2.42. The van der Waals surface area contributed by atoms with Gasteiger partial charge in [-0.2, -0.15) is 0 Å². The number of ether oxygens (including phenoxy) is 1. The third-order valence-corrected chi connectivity index (χ3v) is 7.90. The van der Waals surface area contributed by atoms with Crippen molar-refractivity contribution in [3.8, 4) is 5.75 Å². The Bertz CT molecular complexity index is 1310. The number of nitrogens with zero attached hydrogens (tertiary/aromatic N) is 1. The molecule has 0 saturated carbocycles. The summed E-state index contributed by atoms with van der Waals surface area (Å²) in [6, 6.07) is 17.0. The van der Waals surface area contributed by atoms with Gasteiger partial charge in [0.25, 0.3) is 10.0 Å². The molecule has 8 heteroatoms. The largest absolute Gasteiger partial charge is 0.496 e. The second-order valence-electron chi connectivity index (χ2n) is 8.51. The van der Waals surface area contributed by atoms with Crippen LogP contribution in [0.25, 0.3) is 0 Å². The fraction of sp³-hybridized carbons (Fsp3) is 0.296. The summed E-state index contributed by atoms with van der Waals surface area (Å²) in [6.07, 6.45) is 0.641. The van der Waals surface area contributed by atoms with Gasteiger partial charge in [0.1, 0.15) is 12.3 Å². The first kappa shape index (κ1) is 26.6. The highest BCUT2D eigenvalue weighted by atomic mass is 35.5. The first-order chi connectivity index (χ1) is 16.6. The minimum Gasteiger partial charge on any atom is -0.496 e. The molecule has 0 unspecified atom stereocenters. The number of benzene rings is 3. The smallest absolute Gasteiger partial charge is 0.264 e. The van der Waals surface area contributed by atoms with E-state index in [0.29, 0.717) is 22.7 Å². The molecular formula is C27H31ClN2O4S. The lowest BCUT2D eigenvalue weighted by molar-refractivity contribution is -0.120. The molecular weight excluding hydrogens is 484 g/mol. The SMILES string of the molecule is CC[C@@H](NC(=O)CN(c1ccc(Cl)cc1C)S(=O)(=O)c1ccc(C)cc1)c1ccc(OC)c(C)c1. The Morgan fingerprint density at radius 3 is 2.26 bits per heavy atom. The molecule has 0 aliphatic rings. The van der Waals surface area contributed by atoms with Gasteiger partial charge in [0, 0.05) is 5.02 Å². The van der Waals surface area contributed by atoms with Crippen LogP contribution >= 0.6 is 11.6 Å². The Hall–Kier alpha value is -3.03. The van der Waals surface area contributed by atoms with Gasteiger partial charge in [-0.3, -0.25) is 9.10 Å². The van der Waals surface area contributed by atoms with Gasteiger partial charge < -0.3 is 10.1 Å². The summed E-state index contributed by atoms with van der Waals surface area (Å²) >= 11 is 6.11. The van der Waals surface area contributed by atoms with E-state index in [2.05, 4.69) is 5.32 Å². The molecule has 3 aromatic rings. The molecule has 0 spiro atoms. The maximum Gasteiger partial charge on any atom is 0.264 e. The summed E-state index contributed by atoms with van der Waals surface area (Å²) in [4.78, 5) is 13.3. The minimum atomic E-state index is -4.01. The Morgan fingerprint density at radius 2 is 1.69 bits per heavy atom. The molecule has 186 valence electrons. The molecule has 3 aromatic carbocycles. The summed E-state index contributed by atoms with van der Waals surface area (Å²) in [6.45, 7) is 7.19. The molecule has 6 nitrogen and oxygen atoms in total. The van der Waals surface area contributed by atoms with Crippen LogP contribution in [0.1, 0.15) is 41.6 Å². The van der Waals surface area contributed by atoms with E-state index in [9.17, 15) is 13.2 Å². The number of rotatable bonds is 9. The maximum absolute atomic E-state index is 13.7. The van der Waals surface area contributed by atoms with Crippen molar-refractivity contribution in [1.82, 2.24) is 5.32 Å². The lowest BCUT2D eigenvalue weighted by Gasteiger charge is -2.27. The highest BCUT2D eigenvalue weighted by Crippen LogP contribution is 2.29. The number of amides is 1. The topological polar surface area (TPSA) is 75.7 Å². The quantitative estimate of drug-likeness (QED) is 0.395. The lowest BCUT2D eigenvalue weighted by atomic mass is 10.0. The first-order valence-electron chi connectivity index (χ1n) is 11.4.